The molecule has 0 aliphatic carbocycles. The van der Waals surface area contributed by atoms with Crippen LogP contribution in [0.3, 0.4) is 0 Å². The van der Waals surface area contributed by atoms with E-state index in [1.165, 1.54) is 38.0 Å². The van der Waals surface area contributed by atoms with Gasteiger partial charge in [-0.05, 0) is 37.9 Å². The first-order chi connectivity index (χ1) is 10.9. The Balaban J connectivity index is 1.30. The van der Waals surface area contributed by atoms with Crippen LogP contribution in [0.4, 0.5) is 0 Å². The van der Waals surface area contributed by atoms with Crippen LogP contribution in [-0.2, 0) is 13.0 Å². The van der Waals surface area contributed by atoms with E-state index in [2.05, 4.69) is 50.9 Å². The summed E-state index contributed by atoms with van der Waals surface area (Å²) in [6, 6.07) is 11.4. The van der Waals surface area contributed by atoms with Crippen molar-refractivity contribution in [2.24, 2.45) is 0 Å². The number of nitrogens with one attached hydrogen (secondary N) is 1. The molecule has 1 fully saturated rings. The second-order valence-electron chi connectivity index (χ2n) is 5.97. The van der Waals surface area contributed by atoms with E-state index in [-0.39, 0.29) is 0 Å². The number of nitrogens with zero attached hydrogens (tertiary/aromatic N) is 4. The molecule has 1 saturated heterocycles. The summed E-state index contributed by atoms with van der Waals surface area (Å²) in [6.07, 6.45) is 7.28. The highest BCUT2D eigenvalue weighted by molar-refractivity contribution is 5.14. The Morgan fingerprint density at radius 3 is 2.64 bits per heavy atom. The molecule has 1 aliphatic heterocycles. The van der Waals surface area contributed by atoms with Crippen LogP contribution in [0.2, 0.25) is 0 Å². The van der Waals surface area contributed by atoms with E-state index in [9.17, 15) is 0 Å². The van der Waals surface area contributed by atoms with Crippen LogP contribution in [0.5, 0.6) is 0 Å². The van der Waals surface area contributed by atoms with Crippen molar-refractivity contribution < 1.29 is 0 Å². The molecule has 5 heteroatoms. The lowest BCUT2D eigenvalue weighted by molar-refractivity contribution is 0.199. The van der Waals surface area contributed by atoms with Gasteiger partial charge in [-0.3, -0.25) is 4.68 Å². The summed E-state index contributed by atoms with van der Waals surface area (Å²) in [6.45, 7) is 5.45. The quantitative estimate of drug-likeness (QED) is 0.843. The molecule has 1 aromatic heterocycles. The Kier molecular flexibility index (Phi) is 5.56. The molecule has 1 aromatic carbocycles. The van der Waals surface area contributed by atoms with Gasteiger partial charge in [-0.25, -0.2) is 0 Å². The minimum atomic E-state index is 0.650. The normalized spacial score (nSPS) is 16.9. The van der Waals surface area contributed by atoms with Gasteiger partial charge in [-0.15, -0.1) is 5.10 Å². The van der Waals surface area contributed by atoms with Crippen LogP contribution in [0.1, 0.15) is 18.4 Å². The molecule has 2 aromatic rings. The molecule has 22 heavy (non-hydrogen) atoms. The SMILES string of the molecule is c1ccc(CCN2CCC(NCCn3ccnn3)CC2)cc1. The van der Waals surface area contributed by atoms with Gasteiger partial charge in [0, 0.05) is 25.3 Å². The molecule has 1 N–H and O–H groups in total. The van der Waals surface area contributed by atoms with E-state index in [4.69, 9.17) is 0 Å². The second-order valence-corrected chi connectivity index (χ2v) is 5.97. The molecule has 5 nitrogen and oxygen atoms in total. The van der Waals surface area contributed by atoms with Crippen molar-refractivity contribution in [1.29, 1.82) is 0 Å². The fraction of sp³-hybridized carbons (Fsp3) is 0.529. The third-order valence-corrected chi connectivity index (χ3v) is 4.39. The van der Waals surface area contributed by atoms with Crippen molar-refractivity contribution in [3.8, 4) is 0 Å². The molecule has 0 unspecified atom stereocenters. The molecule has 0 atom stereocenters. The van der Waals surface area contributed by atoms with Crippen molar-refractivity contribution >= 4 is 0 Å². The molecule has 0 spiro atoms. The summed E-state index contributed by atoms with van der Waals surface area (Å²) in [5.41, 5.74) is 1.44. The molecule has 0 bridgehead atoms. The summed E-state index contributed by atoms with van der Waals surface area (Å²) in [5, 5.41) is 11.4. The van der Waals surface area contributed by atoms with E-state index in [0.717, 1.165) is 19.5 Å². The smallest absolute Gasteiger partial charge is 0.0692 e. The van der Waals surface area contributed by atoms with Gasteiger partial charge in [-0.2, -0.15) is 0 Å². The fourth-order valence-corrected chi connectivity index (χ4v) is 3.03. The standard InChI is InChI=1S/C17H25N5/c1-2-4-16(5-3-1)6-11-21-12-7-17(8-13-21)18-9-14-22-15-10-19-20-22/h1-5,10,15,17-18H,6-9,11-14H2. The van der Waals surface area contributed by atoms with Crippen LogP contribution in [0.15, 0.2) is 42.7 Å². The zero-order chi connectivity index (χ0) is 15.0. The highest BCUT2D eigenvalue weighted by Gasteiger charge is 2.18. The number of piperidine rings is 1. The number of benzene rings is 1. The molecular formula is C17H25N5. The Morgan fingerprint density at radius 2 is 1.91 bits per heavy atom. The summed E-state index contributed by atoms with van der Waals surface area (Å²) >= 11 is 0. The van der Waals surface area contributed by atoms with Crippen molar-refractivity contribution in [2.75, 3.05) is 26.2 Å². The zero-order valence-corrected chi connectivity index (χ0v) is 13.1. The van der Waals surface area contributed by atoms with Gasteiger partial charge in [0.05, 0.1) is 12.7 Å². The minimum absolute atomic E-state index is 0.650. The van der Waals surface area contributed by atoms with Crippen LogP contribution >= 0.6 is 0 Å². The Hall–Kier alpha value is -1.72. The summed E-state index contributed by atoms with van der Waals surface area (Å²) in [4.78, 5) is 2.59. The van der Waals surface area contributed by atoms with Gasteiger partial charge < -0.3 is 10.2 Å². The van der Waals surface area contributed by atoms with E-state index in [1.54, 1.807) is 6.20 Å². The number of rotatable bonds is 7. The monoisotopic (exact) mass is 299 g/mol. The molecule has 0 saturated carbocycles. The summed E-state index contributed by atoms with van der Waals surface area (Å²) in [5.74, 6) is 0. The molecule has 0 radical (unpaired) electrons. The third kappa shape index (κ3) is 4.64. The van der Waals surface area contributed by atoms with Gasteiger partial charge >= 0.3 is 0 Å². The molecule has 2 heterocycles. The van der Waals surface area contributed by atoms with Gasteiger partial charge in [0.2, 0.25) is 0 Å². The summed E-state index contributed by atoms with van der Waals surface area (Å²) < 4.78 is 1.88. The maximum atomic E-state index is 3.98. The first-order valence-electron chi connectivity index (χ1n) is 8.24. The van der Waals surface area contributed by atoms with Crippen LogP contribution in [0.25, 0.3) is 0 Å². The van der Waals surface area contributed by atoms with Gasteiger partial charge in [-0.1, -0.05) is 35.5 Å². The van der Waals surface area contributed by atoms with Crippen LogP contribution < -0.4 is 5.32 Å². The average Bonchev–Trinajstić information content (AvgIpc) is 3.08. The fourth-order valence-electron chi connectivity index (χ4n) is 3.03. The van der Waals surface area contributed by atoms with Gasteiger partial charge in [0.25, 0.3) is 0 Å². The minimum Gasteiger partial charge on any atom is -0.312 e. The molecule has 0 amide bonds. The lowest BCUT2D eigenvalue weighted by atomic mass is 10.0. The topological polar surface area (TPSA) is 46.0 Å². The maximum Gasteiger partial charge on any atom is 0.0692 e. The molecular weight excluding hydrogens is 274 g/mol. The average molecular weight is 299 g/mol. The van der Waals surface area contributed by atoms with Crippen molar-refractivity contribution in [3.63, 3.8) is 0 Å². The number of hydrogen-bond acceptors (Lipinski definition) is 4. The largest absolute Gasteiger partial charge is 0.312 e. The second kappa shape index (κ2) is 8.06. The molecule has 118 valence electrons. The van der Waals surface area contributed by atoms with Gasteiger partial charge in [0.1, 0.15) is 0 Å². The zero-order valence-electron chi connectivity index (χ0n) is 13.1. The van der Waals surface area contributed by atoms with Crippen LogP contribution in [0, 0.1) is 0 Å². The van der Waals surface area contributed by atoms with E-state index in [0.29, 0.717) is 6.04 Å². The van der Waals surface area contributed by atoms with Gasteiger partial charge in [0.15, 0.2) is 0 Å². The first-order valence-corrected chi connectivity index (χ1v) is 8.24. The Morgan fingerprint density at radius 1 is 1.09 bits per heavy atom. The third-order valence-electron chi connectivity index (χ3n) is 4.39. The van der Waals surface area contributed by atoms with E-state index < -0.39 is 0 Å². The highest BCUT2D eigenvalue weighted by Crippen LogP contribution is 2.11. The Bertz CT molecular complexity index is 517. The highest BCUT2D eigenvalue weighted by atomic mass is 15.4. The number of likely N-dealkylation sites (tertiary alicyclic amines) is 1. The lowest BCUT2D eigenvalue weighted by Crippen LogP contribution is -2.43. The van der Waals surface area contributed by atoms with E-state index >= 15 is 0 Å². The number of hydrogen-bond donors (Lipinski definition) is 1. The van der Waals surface area contributed by atoms with E-state index in [1.807, 2.05) is 10.9 Å². The predicted molar refractivity (Wildman–Crippen MR) is 87.6 cm³/mol. The molecule has 3 rings (SSSR count). The predicted octanol–water partition coefficient (Wildman–Crippen LogP) is 1.57. The first kappa shape index (κ1) is 15.2. The van der Waals surface area contributed by atoms with Crippen molar-refractivity contribution in [2.45, 2.75) is 31.8 Å². The van der Waals surface area contributed by atoms with Crippen molar-refractivity contribution in [3.05, 3.63) is 48.3 Å². The van der Waals surface area contributed by atoms with Crippen LogP contribution in [-0.4, -0.2) is 52.1 Å². The Labute approximate surface area is 132 Å². The van der Waals surface area contributed by atoms with Crippen molar-refractivity contribution in [1.82, 2.24) is 25.2 Å². The molecule has 1 aliphatic rings. The maximum absolute atomic E-state index is 3.98. The lowest BCUT2D eigenvalue weighted by Gasteiger charge is -2.32. The summed E-state index contributed by atoms with van der Waals surface area (Å²) in [7, 11) is 0. The number of aromatic nitrogens is 3.